The average Bonchev–Trinajstić information content (AvgIpc) is 3.50. The van der Waals surface area contributed by atoms with E-state index in [0.29, 0.717) is 26.9 Å². The molecule has 4 aromatic rings. The molecule has 0 aliphatic carbocycles. The Balaban J connectivity index is 1.20. The molecule has 3 atom stereocenters. The summed E-state index contributed by atoms with van der Waals surface area (Å²) < 4.78 is 28.4. The molecule has 0 spiro atoms. The first-order valence-electron chi connectivity index (χ1n) is 13.1. The number of amides is 3. The van der Waals surface area contributed by atoms with Crippen LogP contribution in [0.25, 0.3) is 0 Å². The van der Waals surface area contributed by atoms with E-state index in [1.54, 1.807) is 24.3 Å². The van der Waals surface area contributed by atoms with Gasteiger partial charge in [-0.2, -0.15) is 0 Å². The fourth-order valence-electron chi connectivity index (χ4n) is 5.20. The van der Waals surface area contributed by atoms with Gasteiger partial charge in [0.15, 0.2) is 6.61 Å². The van der Waals surface area contributed by atoms with Gasteiger partial charge in [0.2, 0.25) is 21.8 Å². The molecule has 0 saturated carbocycles. The zero-order chi connectivity index (χ0) is 32.0. The molecule has 17 heteroatoms. The number of aromatic nitrogens is 1. The van der Waals surface area contributed by atoms with Gasteiger partial charge in [0.05, 0.1) is 26.5 Å². The predicted molar refractivity (Wildman–Crippen MR) is 164 cm³/mol. The summed E-state index contributed by atoms with van der Waals surface area (Å²) >= 11 is 2.07. The van der Waals surface area contributed by atoms with Gasteiger partial charge >= 0.3 is 4.87 Å². The number of primary sulfonamides is 1. The second-order valence-electron chi connectivity index (χ2n) is 10.0. The van der Waals surface area contributed by atoms with E-state index in [1.165, 1.54) is 48.5 Å². The number of carbonyl (C=O) groups excluding carboxylic acids is 3. The van der Waals surface area contributed by atoms with Gasteiger partial charge in [-0.05, 0) is 54.1 Å². The largest absolute Gasteiger partial charge is 0.484 e. The summed E-state index contributed by atoms with van der Waals surface area (Å²) in [6.07, 6.45) is 0. The lowest BCUT2D eigenvalue weighted by Gasteiger charge is -2.29. The van der Waals surface area contributed by atoms with Crippen molar-refractivity contribution in [2.45, 2.75) is 21.1 Å². The second kappa shape index (κ2) is 11.6. The quantitative estimate of drug-likeness (QED) is 0.142. The monoisotopic (exact) mass is 667 g/mol. The first-order valence-corrected chi connectivity index (χ1v) is 16.3. The van der Waals surface area contributed by atoms with Crippen molar-refractivity contribution in [2.24, 2.45) is 11.1 Å². The van der Waals surface area contributed by atoms with Gasteiger partial charge in [0.1, 0.15) is 11.0 Å². The number of rotatable bonds is 8. The number of thioether (sulfide) groups is 1. The number of H-pyrrole nitrogens is 1. The van der Waals surface area contributed by atoms with Crippen molar-refractivity contribution in [3.05, 3.63) is 103 Å². The SMILES string of the molecule is NS(=O)(=O)c1ccc(NC(=O)COc2ccc([C@@H]3c4sc(=O)[nH]c4S[C@H]4C(=O)N(c5ccc([N+](=O)[O-])cc5)C(=O)[C@@H]34)cc2)cc1. The number of hydrogen-bond acceptors (Lipinski definition) is 11. The van der Waals surface area contributed by atoms with Gasteiger partial charge in [-0.3, -0.25) is 29.3 Å². The number of hydrogen-bond donors (Lipinski definition) is 3. The zero-order valence-corrected chi connectivity index (χ0v) is 25.2. The minimum absolute atomic E-state index is 0.0959. The standard InChI is InChI=1S/C28H21N5O9S3/c29-45(40,41)19-11-3-15(4-12-19)30-20(34)13-42-18-9-1-14(2-10-18)21-22-24(43-25-23(21)44-28(37)31-25)27(36)32(26(22)35)16-5-7-17(8-6-16)33(38)39/h1-12,21-22,24H,13H2,(H,30,34)(H,31,37)(H2,29,40,41)/t21-,22-,24+/m0/s1. The molecule has 45 heavy (non-hydrogen) atoms. The highest BCUT2D eigenvalue weighted by atomic mass is 32.2. The number of imide groups is 1. The number of thiazole rings is 1. The Morgan fingerprint density at radius 3 is 2.29 bits per heavy atom. The predicted octanol–water partition coefficient (Wildman–Crippen LogP) is 2.81. The number of carbonyl (C=O) groups is 3. The van der Waals surface area contributed by atoms with Gasteiger partial charge in [-0.15, -0.1) is 0 Å². The Hall–Kier alpha value is -4.84. The van der Waals surface area contributed by atoms with Crippen molar-refractivity contribution >= 4 is 67.9 Å². The lowest BCUT2D eigenvalue weighted by Crippen LogP contribution is -2.32. The molecule has 0 unspecified atom stereocenters. The molecule has 14 nitrogen and oxygen atoms in total. The molecule has 3 heterocycles. The molecular weight excluding hydrogens is 647 g/mol. The lowest BCUT2D eigenvalue weighted by atomic mass is 9.83. The van der Waals surface area contributed by atoms with E-state index in [4.69, 9.17) is 9.88 Å². The summed E-state index contributed by atoms with van der Waals surface area (Å²) in [7, 11) is -3.86. The number of benzene rings is 3. The van der Waals surface area contributed by atoms with Crippen molar-refractivity contribution < 1.29 is 32.5 Å². The van der Waals surface area contributed by atoms with E-state index >= 15 is 0 Å². The number of ether oxygens (including phenoxy) is 1. The van der Waals surface area contributed by atoms with Crippen LogP contribution in [-0.4, -0.2) is 47.9 Å². The van der Waals surface area contributed by atoms with E-state index in [0.717, 1.165) is 28.0 Å². The van der Waals surface area contributed by atoms with Crippen molar-refractivity contribution in [3.8, 4) is 5.75 Å². The summed E-state index contributed by atoms with van der Waals surface area (Å²) in [4.78, 5) is 66.5. The van der Waals surface area contributed by atoms with E-state index in [9.17, 15) is 37.7 Å². The molecule has 1 aromatic heterocycles. The summed E-state index contributed by atoms with van der Waals surface area (Å²) in [5, 5.41) is 18.4. The molecule has 6 rings (SSSR count). The fraction of sp³-hybridized carbons (Fsp3) is 0.143. The Labute approximate surface area is 262 Å². The van der Waals surface area contributed by atoms with Gasteiger partial charge in [0, 0.05) is 28.6 Å². The molecule has 2 aliphatic heterocycles. The second-order valence-corrected chi connectivity index (χ2v) is 13.7. The molecule has 4 N–H and O–H groups in total. The minimum atomic E-state index is -3.86. The van der Waals surface area contributed by atoms with Gasteiger partial charge < -0.3 is 15.0 Å². The van der Waals surface area contributed by atoms with Crippen molar-refractivity contribution in [1.29, 1.82) is 0 Å². The Kier molecular flexibility index (Phi) is 7.77. The third-order valence-corrected chi connectivity index (χ3v) is 10.5. The molecule has 0 bridgehead atoms. The van der Waals surface area contributed by atoms with Crippen molar-refractivity contribution in [1.82, 2.24) is 4.98 Å². The van der Waals surface area contributed by atoms with Crippen LogP contribution in [0.2, 0.25) is 0 Å². The molecule has 3 aromatic carbocycles. The highest BCUT2D eigenvalue weighted by Gasteiger charge is 2.56. The Morgan fingerprint density at radius 1 is 1.00 bits per heavy atom. The molecule has 1 saturated heterocycles. The number of fused-ring (bicyclic) bond motifs is 2. The van der Waals surface area contributed by atoms with Crippen molar-refractivity contribution in [3.63, 3.8) is 0 Å². The van der Waals surface area contributed by atoms with E-state index < -0.39 is 49.8 Å². The first kappa shape index (κ1) is 30.2. The first-order chi connectivity index (χ1) is 21.4. The maximum absolute atomic E-state index is 13.8. The van der Waals surface area contributed by atoms with Gasteiger partial charge in [-0.1, -0.05) is 35.2 Å². The van der Waals surface area contributed by atoms with Crippen LogP contribution < -0.4 is 25.0 Å². The maximum atomic E-state index is 13.8. The van der Waals surface area contributed by atoms with Crippen LogP contribution in [0.1, 0.15) is 16.4 Å². The third-order valence-electron chi connectivity index (χ3n) is 7.22. The number of nitro benzene ring substituents is 1. The van der Waals surface area contributed by atoms with Crippen molar-refractivity contribution in [2.75, 3.05) is 16.8 Å². The number of nitrogens with zero attached hydrogens (tertiary/aromatic N) is 2. The molecule has 2 aliphatic rings. The summed E-state index contributed by atoms with van der Waals surface area (Å²) in [5.41, 5.74) is 1.01. The lowest BCUT2D eigenvalue weighted by molar-refractivity contribution is -0.384. The number of aromatic amines is 1. The highest BCUT2D eigenvalue weighted by molar-refractivity contribution is 8.00. The van der Waals surface area contributed by atoms with Crippen LogP contribution in [0.5, 0.6) is 5.75 Å². The molecular formula is C28H21N5O9S3. The Morgan fingerprint density at radius 2 is 1.67 bits per heavy atom. The van der Waals surface area contributed by atoms with Crippen LogP contribution in [0.15, 0.2) is 87.5 Å². The van der Waals surface area contributed by atoms with Crippen LogP contribution in [0.3, 0.4) is 0 Å². The van der Waals surface area contributed by atoms with Gasteiger partial charge in [0.25, 0.3) is 11.6 Å². The number of non-ortho nitro benzene ring substituents is 1. The molecule has 230 valence electrons. The Bertz CT molecular complexity index is 2010. The summed E-state index contributed by atoms with van der Waals surface area (Å²) in [6.45, 7) is -0.359. The molecule has 1 fully saturated rings. The number of sulfonamides is 1. The maximum Gasteiger partial charge on any atom is 0.305 e. The van der Waals surface area contributed by atoms with E-state index in [-0.39, 0.29) is 27.8 Å². The number of nitrogens with one attached hydrogen (secondary N) is 2. The summed E-state index contributed by atoms with van der Waals surface area (Å²) in [5.74, 6) is -2.64. The van der Waals surface area contributed by atoms with E-state index in [2.05, 4.69) is 10.3 Å². The molecule has 3 amide bonds. The zero-order valence-electron chi connectivity index (χ0n) is 22.7. The number of anilines is 2. The highest BCUT2D eigenvalue weighted by Crippen LogP contribution is 2.53. The fourth-order valence-corrected chi connectivity index (χ4v) is 8.23. The van der Waals surface area contributed by atoms with Gasteiger partial charge in [-0.25, -0.2) is 18.5 Å². The topological polar surface area (TPSA) is 212 Å². The van der Waals surface area contributed by atoms with Crippen LogP contribution in [0.4, 0.5) is 17.1 Å². The third kappa shape index (κ3) is 5.85. The van der Waals surface area contributed by atoms with E-state index in [1.807, 2.05) is 0 Å². The smallest absolute Gasteiger partial charge is 0.305 e. The summed E-state index contributed by atoms with van der Waals surface area (Å²) in [6, 6.07) is 17.0. The van der Waals surface area contributed by atoms with Crippen LogP contribution in [0, 0.1) is 16.0 Å². The molecule has 0 radical (unpaired) electrons. The average molecular weight is 668 g/mol. The number of nitrogens with two attached hydrogens (primary N) is 1. The normalized spacial score (nSPS) is 19.1. The minimum Gasteiger partial charge on any atom is -0.484 e. The number of nitro groups is 1. The van der Waals surface area contributed by atoms with Crippen LogP contribution in [-0.2, 0) is 24.4 Å². The van der Waals surface area contributed by atoms with Crippen LogP contribution >= 0.6 is 23.1 Å².